The molecule has 0 aliphatic rings. The van der Waals surface area contributed by atoms with E-state index in [-0.39, 0.29) is 5.11 Å². The summed E-state index contributed by atoms with van der Waals surface area (Å²) in [5.41, 5.74) is 6.19. The van der Waals surface area contributed by atoms with E-state index >= 15 is 0 Å². The van der Waals surface area contributed by atoms with Crippen LogP contribution in [0.2, 0.25) is 0 Å². The van der Waals surface area contributed by atoms with Crippen molar-refractivity contribution in [1.29, 1.82) is 0 Å². The van der Waals surface area contributed by atoms with E-state index in [9.17, 15) is 0 Å². The molecular formula is C10H16N2O3SSi. The lowest BCUT2D eigenvalue weighted by Crippen LogP contribution is -2.54. The fourth-order valence-electron chi connectivity index (χ4n) is 1.53. The van der Waals surface area contributed by atoms with Gasteiger partial charge >= 0.3 is 8.80 Å². The molecule has 0 heterocycles. The second-order valence-electron chi connectivity index (χ2n) is 3.24. The predicted molar refractivity (Wildman–Crippen MR) is 73.3 cm³/mol. The zero-order valence-corrected chi connectivity index (χ0v) is 11.8. The van der Waals surface area contributed by atoms with Crippen molar-refractivity contribution in [1.82, 2.24) is 0 Å². The molecule has 1 aromatic rings. The Morgan fingerprint density at radius 1 is 1.24 bits per heavy atom. The van der Waals surface area contributed by atoms with E-state index in [0.717, 1.165) is 10.9 Å². The molecule has 7 heteroatoms. The van der Waals surface area contributed by atoms with Gasteiger partial charge in [-0.15, -0.1) is 0 Å². The topological polar surface area (TPSA) is 65.7 Å². The molecule has 0 unspecified atom stereocenters. The fourth-order valence-corrected chi connectivity index (χ4v) is 3.49. The summed E-state index contributed by atoms with van der Waals surface area (Å²) in [4.78, 5) is 0. The number of anilines is 1. The van der Waals surface area contributed by atoms with Crippen LogP contribution in [0.1, 0.15) is 0 Å². The van der Waals surface area contributed by atoms with Crippen molar-refractivity contribution in [2.75, 3.05) is 26.6 Å². The normalized spacial score (nSPS) is 11.2. The molecule has 94 valence electrons. The van der Waals surface area contributed by atoms with E-state index in [1.54, 1.807) is 21.3 Å². The quantitative estimate of drug-likeness (QED) is 0.598. The first-order chi connectivity index (χ1) is 8.07. The van der Waals surface area contributed by atoms with Crippen LogP contribution in [0.4, 0.5) is 5.69 Å². The highest BCUT2D eigenvalue weighted by atomic mass is 32.1. The molecule has 0 spiro atoms. The van der Waals surface area contributed by atoms with Crippen LogP contribution in [-0.2, 0) is 13.3 Å². The van der Waals surface area contributed by atoms with E-state index in [4.69, 9.17) is 31.2 Å². The maximum absolute atomic E-state index is 5.42. The average Bonchev–Trinajstić information content (AvgIpc) is 2.32. The molecule has 0 aromatic heterocycles. The third-order valence-electron chi connectivity index (χ3n) is 2.29. The molecule has 0 aliphatic heterocycles. The summed E-state index contributed by atoms with van der Waals surface area (Å²) in [7, 11) is 1.89. The van der Waals surface area contributed by atoms with Crippen LogP contribution in [-0.4, -0.2) is 35.2 Å². The van der Waals surface area contributed by atoms with E-state index in [0.29, 0.717) is 0 Å². The lowest BCUT2D eigenvalue weighted by Gasteiger charge is -2.24. The Balaban J connectivity index is 3.08. The van der Waals surface area contributed by atoms with Crippen molar-refractivity contribution in [3.63, 3.8) is 0 Å². The van der Waals surface area contributed by atoms with Crippen molar-refractivity contribution in [2.45, 2.75) is 0 Å². The first-order valence-corrected chi connectivity index (χ1v) is 7.03. The van der Waals surface area contributed by atoms with E-state index < -0.39 is 8.80 Å². The minimum atomic E-state index is -2.80. The Labute approximate surface area is 107 Å². The molecule has 0 aliphatic carbocycles. The Morgan fingerprint density at radius 3 is 2.29 bits per heavy atom. The van der Waals surface area contributed by atoms with Gasteiger partial charge < -0.3 is 24.3 Å². The third-order valence-corrected chi connectivity index (χ3v) is 5.02. The van der Waals surface area contributed by atoms with Crippen LogP contribution in [0.15, 0.2) is 24.3 Å². The largest absolute Gasteiger partial charge is 0.536 e. The lowest BCUT2D eigenvalue weighted by molar-refractivity contribution is 0.140. The molecule has 0 saturated carbocycles. The van der Waals surface area contributed by atoms with Crippen molar-refractivity contribution < 1.29 is 13.3 Å². The molecule has 0 saturated heterocycles. The number of hydrogen-bond acceptors (Lipinski definition) is 4. The van der Waals surface area contributed by atoms with Crippen LogP contribution in [0.3, 0.4) is 0 Å². The fraction of sp³-hybridized carbons (Fsp3) is 0.300. The lowest BCUT2D eigenvalue weighted by atomic mass is 10.3. The van der Waals surface area contributed by atoms with Crippen molar-refractivity contribution in [3.05, 3.63) is 24.3 Å². The highest BCUT2D eigenvalue weighted by Crippen LogP contribution is 2.11. The smallest absolute Gasteiger partial charge is 0.376 e. The molecule has 3 N–H and O–H groups in total. The Morgan fingerprint density at radius 2 is 1.82 bits per heavy atom. The molecule has 0 amide bonds. The van der Waals surface area contributed by atoms with Gasteiger partial charge in [0.05, 0.1) is 0 Å². The van der Waals surface area contributed by atoms with Crippen LogP contribution < -0.4 is 16.2 Å². The molecule has 0 radical (unpaired) electrons. The molecule has 1 rings (SSSR count). The van der Waals surface area contributed by atoms with Gasteiger partial charge in [0, 0.05) is 32.2 Å². The Kier molecular flexibility index (Phi) is 5.03. The molecule has 5 nitrogen and oxygen atoms in total. The maximum Gasteiger partial charge on any atom is 0.536 e. The van der Waals surface area contributed by atoms with E-state index in [2.05, 4.69) is 5.32 Å². The zero-order chi connectivity index (χ0) is 12.9. The average molecular weight is 272 g/mol. The van der Waals surface area contributed by atoms with Gasteiger partial charge in [-0.2, -0.15) is 0 Å². The van der Waals surface area contributed by atoms with E-state index in [1.807, 2.05) is 24.3 Å². The van der Waals surface area contributed by atoms with Gasteiger partial charge in [0.15, 0.2) is 5.11 Å². The van der Waals surface area contributed by atoms with Gasteiger partial charge in [-0.3, -0.25) is 0 Å². The highest BCUT2D eigenvalue weighted by molar-refractivity contribution is 7.80. The summed E-state index contributed by atoms with van der Waals surface area (Å²) in [6, 6.07) is 7.44. The SMILES string of the molecule is CO[Si](OC)(OC)c1cccc(NC(N)=S)c1. The summed E-state index contributed by atoms with van der Waals surface area (Å²) < 4.78 is 16.2. The van der Waals surface area contributed by atoms with Crippen molar-refractivity contribution in [3.8, 4) is 0 Å². The van der Waals surface area contributed by atoms with E-state index in [1.165, 1.54) is 0 Å². The minimum Gasteiger partial charge on any atom is -0.376 e. The van der Waals surface area contributed by atoms with Gasteiger partial charge in [0.25, 0.3) is 0 Å². The van der Waals surface area contributed by atoms with Gasteiger partial charge in [-0.1, -0.05) is 12.1 Å². The number of hydrogen-bond donors (Lipinski definition) is 2. The highest BCUT2D eigenvalue weighted by Gasteiger charge is 2.40. The molecular weight excluding hydrogens is 256 g/mol. The Bertz CT molecular complexity index is 391. The predicted octanol–water partition coefficient (Wildman–Crippen LogP) is 0.427. The number of thiocarbonyl (C=S) groups is 1. The molecule has 0 bridgehead atoms. The first-order valence-electron chi connectivity index (χ1n) is 4.90. The molecule has 17 heavy (non-hydrogen) atoms. The zero-order valence-electron chi connectivity index (χ0n) is 10.0. The van der Waals surface area contributed by atoms with Gasteiger partial charge in [0.1, 0.15) is 0 Å². The van der Waals surface area contributed by atoms with Crippen LogP contribution in [0.5, 0.6) is 0 Å². The van der Waals surface area contributed by atoms with Crippen LogP contribution in [0.25, 0.3) is 0 Å². The minimum absolute atomic E-state index is 0.210. The first kappa shape index (κ1) is 14.1. The number of nitrogens with two attached hydrogens (primary N) is 1. The van der Waals surface area contributed by atoms with Gasteiger partial charge in [0.2, 0.25) is 0 Å². The van der Waals surface area contributed by atoms with Gasteiger partial charge in [-0.05, 0) is 24.4 Å². The van der Waals surface area contributed by atoms with Crippen molar-refractivity contribution >= 4 is 37.0 Å². The summed E-state index contributed by atoms with van der Waals surface area (Å²) in [5, 5.41) is 3.90. The number of nitrogens with one attached hydrogen (secondary N) is 1. The molecule has 0 fully saturated rings. The monoisotopic (exact) mass is 272 g/mol. The van der Waals surface area contributed by atoms with Crippen LogP contribution >= 0.6 is 12.2 Å². The number of rotatable bonds is 5. The summed E-state index contributed by atoms with van der Waals surface area (Å²) in [5.74, 6) is 0. The third kappa shape index (κ3) is 3.24. The Hall–Kier alpha value is -0.993. The standard InChI is InChI=1S/C10H16N2O3SSi/c1-13-17(14-2,15-3)9-6-4-5-8(7-9)12-10(11)16/h4-7H,1-3H3,(H3,11,12,16). The molecule has 0 atom stereocenters. The van der Waals surface area contributed by atoms with Gasteiger partial charge in [-0.25, -0.2) is 0 Å². The van der Waals surface area contributed by atoms with Crippen LogP contribution in [0, 0.1) is 0 Å². The summed E-state index contributed by atoms with van der Waals surface area (Å²) >= 11 is 4.78. The maximum atomic E-state index is 5.42. The van der Waals surface area contributed by atoms with Crippen molar-refractivity contribution in [2.24, 2.45) is 5.73 Å². The summed E-state index contributed by atoms with van der Waals surface area (Å²) in [6.45, 7) is 0. The second kappa shape index (κ2) is 6.08. The second-order valence-corrected chi connectivity index (χ2v) is 6.59. The number of benzene rings is 1. The molecule has 1 aromatic carbocycles. The summed E-state index contributed by atoms with van der Waals surface area (Å²) in [6.07, 6.45) is 0.